The van der Waals surface area contributed by atoms with Crippen LogP contribution in [0.5, 0.6) is 0 Å². The Kier molecular flexibility index (Phi) is 6.31. The zero-order valence-electron chi connectivity index (χ0n) is 20.1. The molecule has 0 amide bonds. The van der Waals surface area contributed by atoms with Crippen LogP contribution >= 0.6 is 0 Å². The van der Waals surface area contributed by atoms with E-state index in [1.807, 2.05) is 27.3 Å². The van der Waals surface area contributed by atoms with Crippen molar-refractivity contribution in [3.63, 3.8) is 0 Å². The van der Waals surface area contributed by atoms with Crippen LogP contribution < -0.4 is 5.69 Å². The van der Waals surface area contributed by atoms with Gasteiger partial charge in [-0.15, -0.1) is 5.10 Å². The molecule has 7 heteroatoms. The zero-order valence-corrected chi connectivity index (χ0v) is 20.1. The summed E-state index contributed by atoms with van der Waals surface area (Å²) in [5, 5.41) is 14.3. The standard InChI is InChI=1S/C26H32N6O/c1-6-7-12-23-18(2)32(26(3,4)5)25(33)31(23)17-19-13-15-20(16-14-19)21-10-8-9-11-22(21)24-27-29-30-28-24/h8-11,13-16H,6-7,12,17H2,1-5H3,(H,27,28,29,30). The van der Waals surface area contributed by atoms with Crippen LogP contribution in [0.3, 0.4) is 0 Å². The second kappa shape index (κ2) is 9.17. The number of aromatic nitrogens is 6. The Bertz CT molecular complexity index is 1270. The second-order valence-electron chi connectivity index (χ2n) is 9.50. The molecule has 2 aromatic carbocycles. The summed E-state index contributed by atoms with van der Waals surface area (Å²) in [4.78, 5) is 13.4. The largest absolute Gasteiger partial charge is 0.329 e. The van der Waals surface area contributed by atoms with E-state index in [4.69, 9.17) is 0 Å². The Morgan fingerprint density at radius 1 is 1.00 bits per heavy atom. The Labute approximate surface area is 194 Å². The van der Waals surface area contributed by atoms with Crippen molar-refractivity contribution >= 4 is 0 Å². The Morgan fingerprint density at radius 3 is 2.30 bits per heavy atom. The highest BCUT2D eigenvalue weighted by Crippen LogP contribution is 2.30. The van der Waals surface area contributed by atoms with Gasteiger partial charge in [0.2, 0.25) is 0 Å². The second-order valence-corrected chi connectivity index (χ2v) is 9.50. The molecule has 0 saturated heterocycles. The Balaban J connectivity index is 1.68. The van der Waals surface area contributed by atoms with Crippen molar-refractivity contribution in [3.05, 3.63) is 76.0 Å². The summed E-state index contributed by atoms with van der Waals surface area (Å²) in [6, 6.07) is 16.5. The number of benzene rings is 2. The Morgan fingerprint density at radius 2 is 1.70 bits per heavy atom. The summed E-state index contributed by atoms with van der Waals surface area (Å²) in [6.07, 6.45) is 3.08. The van der Waals surface area contributed by atoms with Crippen LogP contribution in [-0.2, 0) is 18.5 Å². The lowest BCUT2D eigenvalue weighted by atomic mass is 9.98. The maximum absolute atomic E-state index is 13.4. The normalized spacial score (nSPS) is 11.8. The van der Waals surface area contributed by atoms with Crippen LogP contribution in [0.25, 0.3) is 22.5 Å². The number of tetrazole rings is 1. The first-order chi connectivity index (χ1) is 15.8. The molecule has 172 valence electrons. The van der Waals surface area contributed by atoms with E-state index in [2.05, 4.69) is 85.6 Å². The van der Waals surface area contributed by atoms with Gasteiger partial charge in [0.1, 0.15) is 0 Å². The van der Waals surface area contributed by atoms with Crippen molar-refractivity contribution in [1.29, 1.82) is 0 Å². The van der Waals surface area contributed by atoms with E-state index in [0.717, 1.165) is 52.9 Å². The number of rotatable bonds is 7. The molecule has 0 saturated carbocycles. The van der Waals surface area contributed by atoms with E-state index in [1.54, 1.807) is 0 Å². The van der Waals surface area contributed by atoms with Gasteiger partial charge >= 0.3 is 5.69 Å². The molecule has 7 nitrogen and oxygen atoms in total. The number of imidazole rings is 1. The minimum absolute atomic E-state index is 0.0679. The van der Waals surface area contributed by atoms with Gasteiger partial charge in [0.25, 0.3) is 0 Å². The van der Waals surface area contributed by atoms with E-state index < -0.39 is 0 Å². The molecule has 0 radical (unpaired) electrons. The molecule has 0 aliphatic carbocycles. The minimum atomic E-state index is -0.253. The number of aromatic amines is 1. The molecule has 33 heavy (non-hydrogen) atoms. The van der Waals surface area contributed by atoms with Crippen molar-refractivity contribution in [1.82, 2.24) is 29.8 Å². The molecule has 0 atom stereocenters. The van der Waals surface area contributed by atoms with E-state index in [9.17, 15) is 4.79 Å². The summed E-state index contributed by atoms with van der Waals surface area (Å²) in [6.45, 7) is 11.1. The predicted molar refractivity (Wildman–Crippen MR) is 131 cm³/mol. The summed E-state index contributed by atoms with van der Waals surface area (Å²) in [7, 11) is 0. The third kappa shape index (κ3) is 4.53. The molecular weight excluding hydrogens is 412 g/mol. The molecule has 0 aliphatic rings. The van der Waals surface area contributed by atoms with Gasteiger partial charge in [0.15, 0.2) is 5.82 Å². The van der Waals surface area contributed by atoms with Gasteiger partial charge in [-0.05, 0) is 67.7 Å². The van der Waals surface area contributed by atoms with Gasteiger partial charge in [0.05, 0.1) is 6.54 Å². The number of hydrogen-bond donors (Lipinski definition) is 1. The number of unbranched alkanes of at least 4 members (excludes halogenated alkanes) is 1. The van der Waals surface area contributed by atoms with Gasteiger partial charge in [-0.2, -0.15) is 0 Å². The van der Waals surface area contributed by atoms with E-state index >= 15 is 0 Å². The highest BCUT2D eigenvalue weighted by atomic mass is 16.2. The van der Waals surface area contributed by atoms with Crippen molar-refractivity contribution in [2.45, 2.75) is 66.0 Å². The molecule has 1 N–H and O–H groups in total. The number of nitrogens with zero attached hydrogens (tertiary/aromatic N) is 5. The first kappa shape index (κ1) is 22.7. The van der Waals surface area contributed by atoms with Crippen molar-refractivity contribution in [2.75, 3.05) is 0 Å². The number of nitrogens with one attached hydrogen (secondary N) is 1. The zero-order chi connectivity index (χ0) is 23.6. The Hall–Kier alpha value is -3.48. The molecule has 0 fully saturated rings. The fourth-order valence-electron chi connectivity index (χ4n) is 4.50. The summed E-state index contributed by atoms with van der Waals surface area (Å²) in [5.41, 5.74) is 6.21. The number of hydrogen-bond acceptors (Lipinski definition) is 4. The third-order valence-electron chi connectivity index (χ3n) is 6.07. The molecule has 2 aromatic heterocycles. The van der Waals surface area contributed by atoms with Crippen LogP contribution in [0, 0.1) is 6.92 Å². The quantitative estimate of drug-likeness (QED) is 0.437. The highest BCUT2D eigenvalue weighted by molar-refractivity contribution is 5.80. The topological polar surface area (TPSA) is 81.4 Å². The van der Waals surface area contributed by atoms with Gasteiger partial charge in [0, 0.05) is 22.5 Å². The molecular formula is C26H32N6O. The first-order valence-corrected chi connectivity index (χ1v) is 11.5. The minimum Gasteiger partial charge on any atom is -0.292 e. The van der Waals surface area contributed by atoms with E-state index in [0.29, 0.717) is 12.4 Å². The van der Waals surface area contributed by atoms with E-state index in [1.165, 1.54) is 0 Å². The van der Waals surface area contributed by atoms with Gasteiger partial charge < -0.3 is 0 Å². The van der Waals surface area contributed by atoms with Crippen LogP contribution in [-0.4, -0.2) is 29.8 Å². The van der Waals surface area contributed by atoms with Gasteiger partial charge in [-0.25, -0.2) is 9.89 Å². The molecule has 0 spiro atoms. The highest BCUT2D eigenvalue weighted by Gasteiger charge is 2.24. The molecule has 0 aliphatic heterocycles. The smallest absolute Gasteiger partial charge is 0.292 e. The summed E-state index contributed by atoms with van der Waals surface area (Å²) in [5.74, 6) is 0.640. The van der Waals surface area contributed by atoms with Gasteiger partial charge in [-0.3, -0.25) is 9.13 Å². The summed E-state index contributed by atoms with van der Waals surface area (Å²) < 4.78 is 3.90. The van der Waals surface area contributed by atoms with Crippen molar-refractivity contribution in [3.8, 4) is 22.5 Å². The fraction of sp³-hybridized carbons (Fsp3) is 0.385. The van der Waals surface area contributed by atoms with Crippen LogP contribution in [0.2, 0.25) is 0 Å². The van der Waals surface area contributed by atoms with Crippen LogP contribution in [0.1, 0.15) is 57.5 Å². The molecule has 0 bridgehead atoms. The average Bonchev–Trinajstić information content (AvgIpc) is 3.40. The lowest BCUT2D eigenvalue weighted by molar-refractivity contribution is 0.373. The summed E-state index contributed by atoms with van der Waals surface area (Å²) >= 11 is 0. The molecule has 4 rings (SSSR count). The van der Waals surface area contributed by atoms with Crippen molar-refractivity contribution < 1.29 is 0 Å². The van der Waals surface area contributed by atoms with Gasteiger partial charge in [-0.1, -0.05) is 61.9 Å². The lowest BCUT2D eigenvalue weighted by Crippen LogP contribution is -2.35. The first-order valence-electron chi connectivity index (χ1n) is 11.5. The maximum atomic E-state index is 13.4. The van der Waals surface area contributed by atoms with E-state index in [-0.39, 0.29) is 11.2 Å². The molecule has 0 unspecified atom stereocenters. The predicted octanol–water partition coefficient (Wildman–Crippen LogP) is 4.95. The lowest BCUT2D eigenvalue weighted by Gasteiger charge is -2.21. The van der Waals surface area contributed by atoms with Crippen LogP contribution in [0.15, 0.2) is 53.3 Å². The fourth-order valence-corrected chi connectivity index (χ4v) is 4.50. The average molecular weight is 445 g/mol. The molecule has 2 heterocycles. The van der Waals surface area contributed by atoms with Crippen LogP contribution in [0.4, 0.5) is 0 Å². The third-order valence-corrected chi connectivity index (χ3v) is 6.07. The van der Waals surface area contributed by atoms with Crippen molar-refractivity contribution in [2.24, 2.45) is 0 Å². The SMILES string of the molecule is CCCCc1c(C)n(C(C)(C)C)c(=O)n1Cc1ccc(-c2ccccc2-c2nnn[nH]2)cc1. The maximum Gasteiger partial charge on any atom is 0.329 e. The monoisotopic (exact) mass is 444 g/mol. The molecule has 4 aromatic rings. The number of H-pyrrole nitrogens is 1.